The van der Waals surface area contributed by atoms with Crippen LogP contribution in [0.15, 0.2) is 120 Å². The van der Waals surface area contributed by atoms with Crippen molar-refractivity contribution in [1.82, 2.24) is 0 Å². The number of methoxy groups -OCH3 is 2. The van der Waals surface area contributed by atoms with Crippen molar-refractivity contribution in [3.63, 3.8) is 0 Å². The molecule has 12 atom stereocenters. The molecule has 0 bridgehead atoms. The maximum atomic E-state index is 11.6. The van der Waals surface area contributed by atoms with Crippen molar-refractivity contribution in [2.24, 2.45) is 57.2 Å². The van der Waals surface area contributed by atoms with Crippen LogP contribution in [0.3, 0.4) is 0 Å². The molecule has 22 heteroatoms. The molecule has 12 rings (SSSR count). The summed E-state index contributed by atoms with van der Waals surface area (Å²) in [7, 11) is 2.85. The molecule has 8 N–H and O–H groups in total. The van der Waals surface area contributed by atoms with Crippen LogP contribution in [0.4, 0.5) is 0 Å². The molecule has 6 saturated carbocycles. The van der Waals surface area contributed by atoms with Crippen molar-refractivity contribution in [3.8, 4) is 0 Å². The first-order chi connectivity index (χ1) is 54.0. The zero-order chi connectivity index (χ0) is 80.3. The Bertz CT molecular complexity index is 3740. The molecule has 0 amide bonds. The number of thiophene rings is 4. The number of carbonyl (C=O) groups excluding carboxylic acids is 2. The third kappa shape index (κ3) is 28.9. The predicted molar refractivity (Wildman–Crippen MR) is 468 cm³/mol. The van der Waals surface area contributed by atoms with E-state index in [0.29, 0.717) is 55.0 Å². The number of alkyl halides is 2. The fourth-order valence-corrected chi connectivity index (χ4v) is 23.9. The van der Waals surface area contributed by atoms with Crippen LogP contribution in [0.25, 0.3) is 0 Å². The molecule has 8 aliphatic rings. The molecule has 4 unspecified atom stereocenters. The first-order valence-electron chi connectivity index (χ1n) is 43.1. The van der Waals surface area contributed by atoms with Gasteiger partial charge in [-0.1, -0.05) is 114 Å². The summed E-state index contributed by atoms with van der Waals surface area (Å²) in [6.07, 6.45) is 65.7. The number of aliphatic hydroxyl groups is 4. The van der Waals surface area contributed by atoms with Crippen LogP contribution >= 0.6 is 68.5 Å². The Morgan fingerprint density at radius 3 is 0.983 bits per heavy atom. The Kier molecular flexibility index (Phi) is 46.0. The minimum atomic E-state index is -0.837. The van der Waals surface area contributed by atoms with Gasteiger partial charge in [0.15, 0.2) is 0 Å². The number of carboxylic acid groups (broad SMARTS) is 2. The summed E-state index contributed by atoms with van der Waals surface area (Å²) in [6.45, 7) is 8.81. The minimum Gasteiger partial charge on any atom is -0.870 e. The van der Waals surface area contributed by atoms with E-state index < -0.39 is 11.9 Å². The zero-order valence-electron chi connectivity index (χ0n) is 71.0. The summed E-state index contributed by atoms with van der Waals surface area (Å²) in [6, 6.07) is 15.1. The van der Waals surface area contributed by atoms with Crippen LogP contribution in [0, 0.1) is 57.2 Å². The van der Waals surface area contributed by atoms with Crippen molar-refractivity contribution in [2.45, 2.75) is 320 Å². The smallest absolute Gasteiger partial charge is 0.870 e. The Labute approximate surface area is 744 Å². The molecule has 4 heterocycles. The summed E-state index contributed by atoms with van der Waals surface area (Å²) in [5.41, 5.74) is 3.59. The molecular weight excluding hydrogens is 1570 g/mol. The summed E-state index contributed by atoms with van der Waals surface area (Å²) < 4.78 is 9.57. The number of aliphatic hydroxyl groups excluding tert-OH is 4. The van der Waals surface area contributed by atoms with Gasteiger partial charge in [0.1, 0.15) is 19.5 Å². The fourth-order valence-electron chi connectivity index (χ4n) is 19.4. The minimum absolute atomic E-state index is 0. The second kappa shape index (κ2) is 51.7. The molecule has 14 nitrogen and oxygen atoms in total. The van der Waals surface area contributed by atoms with Gasteiger partial charge in [0.2, 0.25) is 0 Å². The number of aryl methyl sites for hydroxylation is 4. The van der Waals surface area contributed by atoms with Crippen molar-refractivity contribution in [1.29, 1.82) is 0 Å². The van der Waals surface area contributed by atoms with Crippen LogP contribution in [-0.4, -0.2) is 115 Å². The Morgan fingerprint density at radius 1 is 0.431 bits per heavy atom. The van der Waals surface area contributed by atoms with Crippen molar-refractivity contribution < 1.29 is 108 Å². The summed E-state index contributed by atoms with van der Waals surface area (Å²) in [4.78, 5) is 52.2. The van der Waals surface area contributed by atoms with Crippen LogP contribution < -0.4 is 37.7 Å². The number of aromatic carboxylic acids is 2. The van der Waals surface area contributed by atoms with E-state index in [2.05, 4.69) is 88.5 Å². The SMILES string of the molecule is CCC1(C(O)C/C=C/C2=CCC[C@@H]2CCCc2ccc(C(=O)O)s2)CCC1.CCC1(C(O)C/C=C/C2=CCC[C@@H]2CCCc2ccc(C(=O)OC)s2)CCC1.CCC1(C(O)C/C=C/[C@@H]2[C@@H](CCCc3ccc(C(=O)O)s3)CC[C@H]2Cl)CCC1.CCC1(C(O)C/C=C/[C@@H]2[C@@H](CCCc3ccc(C(=O)OC)s3)CC[C@H]2Cl)CCC1.[Li+].[Li+].[OH-].[OH-]. The van der Waals surface area contributed by atoms with Gasteiger partial charge in [0.05, 0.1) is 38.6 Å². The van der Waals surface area contributed by atoms with E-state index in [1.165, 1.54) is 164 Å². The molecule has 8 aliphatic carbocycles. The third-order valence-corrected chi connectivity index (χ3v) is 33.4. The molecule has 0 aliphatic heterocycles. The number of carboxylic acids is 2. The van der Waals surface area contributed by atoms with Gasteiger partial charge in [-0.15, -0.1) is 68.5 Å². The summed E-state index contributed by atoms with van der Waals surface area (Å²) in [5.74, 6) is 1.12. The van der Waals surface area contributed by atoms with E-state index in [-0.39, 0.29) is 117 Å². The van der Waals surface area contributed by atoms with Crippen LogP contribution in [0.1, 0.15) is 317 Å². The Morgan fingerprint density at radius 2 is 0.716 bits per heavy atom. The number of carbonyl (C=O) groups is 4. The number of esters is 2. The van der Waals surface area contributed by atoms with Crippen molar-refractivity contribution in [2.75, 3.05) is 14.2 Å². The Hall–Kier alpha value is -3.35. The predicted octanol–water partition coefficient (Wildman–Crippen LogP) is 18.4. The van der Waals surface area contributed by atoms with Gasteiger partial charge in [-0.05, 0) is 348 Å². The second-order valence-electron chi connectivity index (χ2n) is 34.0. The number of hydrogen-bond acceptors (Lipinski definition) is 16. The number of rotatable bonds is 40. The van der Waals surface area contributed by atoms with Crippen molar-refractivity contribution in [3.05, 3.63) is 159 Å². The number of halogens is 2. The number of hydrogen-bond donors (Lipinski definition) is 6. The quantitative estimate of drug-likeness (QED) is 0.0105. The Balaban J connectivity index is 0.000000273. The molecule has 0 aromatic carbocycles. The van der Waals surface area contributed by atoms with Gasteiger partial charge in [0, 0.05) is 30.3 Å². The van der Waals surface area contributed by atoms with Gasteiger partial charge in [0.25, 0.3) is 0 Å². The molecule has 0 spiro atoms. The molecule has 0 saturated heterocycles. The average Bonchev–Trinajstić information content (AvgIpc) is 0.936. The summed E-state index contributed by atoms with van der Waals surface area (Å²) in [5, 5.41) is 60.8. The maximum absolute atomic E-state index is 11.6. The zero-order valence-corrected chi connectivity index (χ0v) is 75.8. The second-order valence-corrected chi connectivity index (χ2v) is 39.8. The number of ether oxygens (including phenoxy) is 2. The summed E-state index contributed by atoms with van der Waals surface area (Å²) >= 11 is 19.1. The van der Waals surface area contributed by atoms with E-state index in [0.717, 1.165) is 172 Å². The van der Waals surface area contributed by atoms with Crippen LogP contribution in [0.2, 0.25) is 0 Å². The largest absolute Gasteiger partial charge is 1.00 e. The van der Waals surface area contributed by atoms with E-state index >= 15 is 0 Å². The molecule has 0 radical (unpaired) electrons. The van der Waals surface area contributed by atoms with Crippen LogP contribution in [-0.2, 0) is 35.2 Å². The molecule has 6 fully saturated rings. The topological polar surface area (TPSA) is 268 Å². The monoisotopic (exact) mass is 1700 g/mol. The van der Waals surface area contributed by atoms with E-state index in [9.17, 15) is 39.6 Å². The van der Waals surface area contributed by atoms with E-state index in [1.54, 1.807) is 23.5 Å². The molecule has 116 heavy (non-hydrogen) atoms. The van der Waals surface area contributed by atoms with Gasteiger partial charge >= 0.3 is 61.6 Å². The van der Waals surface area contributed by atoms with Gasteiger partial charge < -0.3 is 51.1 Å². The molecule has 4 aromatic heterocycles. The molecule has 636 valence electrons. The third-order valence-electron chi connectivity index (χ3n) is 27.9. The average molecular weight is 1700 g/mol. The normalized spacial score (nSPS) is 24.1. The van der Waals surface area contributed by atoms with Crippen LogP contribution in [0.5, 0.6) is 0 Å². The van der Waals surface area contributed by atoms with E-state index in [1.807, 2.05) is 36.4 Å². The molecular formula is C94H136Cl2Li2O14S4. The maximum Gasteiger partial charge on any atom is 1.00 e. The van der Waals surface area contributed by atoms with Gasteiger partial charge in [-0.2, -0.15) is 0 Å². The van der Waals surface area contributed by atoms with Gasteiger partial charge in [-0.3, -0.25) is 0 Å². The van der Waals surface area contributed by atoms with Crippen molar-refractivity contribution >= 4 is 92.4 Å². The first-order valence-corrected chi connectivity index (χ1v) is 47.2. The fraction of sp³-hybridized carbons (Fsp3) is 0.660. The first kappa shape index (κ1) is 103. The molecule has 4 aromatic rings. The standard InChI is InChI=1S/C24H35ClO3S.C24H34O3S.C23H33ClO3S.C23H32O3S.2Li.2H2O/c1-3-24(15-6-16-24)22(26)10-5-9-19-17(11-13-20(19)25)7-4-8-18-12-14-21(29-18)23(27)28-2;1-3-24(16-7-17-24)22(25)13-6-11-19-9-4-8-18(19)10-5-12-20-14-15-21(28-20)23(26)27-2;1-2-23(14-5-15-23)21(25)9-4-8-18-16(10-12-19(18)24)6-3-7-17-11-13-20(28-17)22(26)27;1-2-23(15-6-16-23)21(24)12-5-10-18-8-3-7-17(18)9-4-11-19-13-14-20(27-19)22(25)26;;;;/h5,9,12,14,17,19-20,22,26H,3-4,6-8,10-11,13,15-16H2,1-2H3;6,9,11,14-15,18,22,25H,3-5,7-8,10,12-13,16-17H2,1-2H3;4,8,11,13,16,18-19,21,25H,2-3,5-7,9-10,12,14-15H2,1H3,(H,26,27);5,8,10,13-14,17,21,24H,2-4,6-7,9,11-12,15-16H2,1H3,(H,25,26);;;2*1H2/q;;;;2*+1;;/p-2/b9-5+;11-6+;8-4+;10-5+;;;;/t17-,19+,20+,22?;18-,22?;16-,18+,19+,21?;17-,21?;;;;/m0101..../s1. The van der Waals surface area contributed by atoms with E-state index in [4.69, 9.17) is 42.9 Å². The number of allylic oxidation sites excluding steroid dienone is 8. The van der Waals surface area contributed by atoms with Gasteiger partial charge in [-0.25, -0.2) is 19.2 Å².